The van der Waals surface area contributed by atoms with Gasteiger partial charge in [-0.05, 0) is 43.7 Å². The van der Waals surface area contributed by atoms with Gasteiger partial charge >= 0.3 is 0 Å². The minimum Gasteiger partial charge on any atom is -0.494 e. The Kier molecular flexibility index (Phi) is 4.24. The van der Waals surface area contributed by atoms with Gasteiger partial charge < -0.3 is 14.6 Å². The van der Waals surface area contributed by atoms with Crippen LogP contribution in [0.15, 0.2) is 36.7 Å². The second-order valence-electron chi connectivity index (χ2n) is 6.23. The number of ether oxygens (including phenoxy) is 2. The molecule has 6 nitrogen and oxygen atoms in total. The number of hydrogen-bond acceptors (Lipinski definition) is 6. The van der Waals surface area contributed by atoms with Gasteiger partial charge in [-0.1, -0.05) is 0 Å². The molecule has 0 bridgehead atoms. The van der Waals surface area contributed by atoms with Crippen LogP contribution in [-0.4, -0.2) is 33.9 Å². The number of pyridine rings is 2. The average molecular weight is 381 g/mol. The zero-order chi connectivity index (χ0) is 19.1. The molecule has 0 fully saturated rings. The summed E-state index contributed by atoms with van der Waals surface area (Å²) in [7, 11) is 3.13. The van der Waals surface area contributed by atoms with E-state index in [4.69, 9.17) is 14.5 Å². The average Bonchev–Trinajstić information content (AvgIpc) is 3.24. The summed E-state index contributed by atoms with van der Waals surface area (Å²) < 4.78 is 12.3. The van der Waals surface area contributed by atoms with Crippen molar-refractivity contribution < 1.29 is 14.6 Å². The van der Waals surface area contributed by atoms with Crippen molar-refractivity contribution in [3.8, 4) is 33.8 Å². The molecule has 0 aromatic carbocycles. The Labute approximate surface area is 160 Å². The molecule has 0 unspecified atom stereocenters. The molecule has 27 heavy (non-hydrogen) atoms. The van der Waals surface area contributed by atoms with Crippen molar-refractivity contribution >= 4 is 22.2 Å². The van der Waals surface area contributed by atoms with E-state index in [0.29, 0.717) is 11.6 Å². The Morgan fingerprint density at radius 2 is 1.93 bits per heavy atom. The third kappa shape index (κ3) is 2.90. The van der Waals surface area contributed by atoms with Crippen molar-refractivity contribution in [1.82, 2.24) is 14.5 Å². The van der Waals surface area contributed by atoms with E-state index in [9.17, 15) is 5.11 Å². The number of hydrogen-bond donors (Lipinski definition) is 1. The molecule has 0 saturated heterocycles. The van der Waals surface area contributed by atoms with E-state index in [1.54, 1.807) is 36.3 Å². The Morgan fingerprint density at radius 1 is 1.11 bits per heavy atom. The van der Waals surface area contributed by atoms with Crippen LogP contribution in [0, 0.1) is 13.8 Å². The smallest absolute Gasteiger partial charge is 0.256 e. The van der Waals surface area contributed by atoms with Crippen molar-refractivity contribution in [3.05, 3.63) is 47.1 Å². The number of aromatic hydroxyl groups is 1. The van der Waals surface area contributed by atoms with E-state index in [-0.39, 0.29) is 5.88 Å². The minimum atomic E-state index is 0.203. The molecule has 7 heteroatoms. The van der Waals surface area contributed by atoms with Crippen LogP contribution >= 0.6 is 11.3 Å². The highest BCUT2D eigenvalue weighted by Crippen LogP contribution is 2.36. The first-order valence-electron chi connectivity index (χ1n) is 8.38. The molecule has 4 rings (SSSR count). The summed E-state index contributed by atoms with van der Waals surface area (Å²) in [5.41, 5.74) is 3.24. The van der Waals surface area contributed by atoms with Crippen LogP contribution < -0.4 is 9.47 Å². The maximum Gasteiger partial charge on any atom is 0.256 e. The number of methoxy groups -OCH3 is 2. The van der Waals surface area contributed by atoms with Gasteiger partial charge in [-0.2, -0.15) is 0 Å². The molecule has 1 N–H and O–H groups in total. The summed E-state index contributed by atoms with van der Waals surface area (Å²) in [6, 6.07) is 7.81. The molecule has 0 radical (unpaired) electrons. The number of fused-ring (bicyclic) bond motifs is 1. The highest BCUT2D eigenvalue weighted by molar-refractivity contribution is 7.14. The molecule has 0 amide bonds. The monoisotopic (exact) mass is 381 g/mol. The van der Waals surface area contributed by atoms with Crippen LogP contribution in [0.5, 0.6) is 17.5 Å². The van der Waals surface area contributed by atoms with Gasteiger partial charge in [-0.15, -0.1) is 11.3 Å². The molecule has 0 aliphatic rings. The molecular formula is C20H19N3O3S. The Bertz CT molecular complexity index is 1150. The third-order valence-corrected chi connectivity index (χ3v) is 5.44. The van der Waals surface area contributed by atoms with Gasteiger partial charge in [0.05, 0.1) is 30.8 Å². The van der Waals surface area contributed by atoms with E-state index in [1.807, 2.05) is 44.3 Å². The van der Waals surface area contributed by atoms with Crippen molar-refractivity contribution in [2.24, 2.45) is 0 Å². The van der Waals surface area contributed by atoms with Gasteiger partial charge in [0.25, 0.3) is 5.88 Å². The van der Waals surface area contributed by atoms with Gasteiger partial charge in [0.15, 0.2) is 5.75 Å². The molecule has 4 heterocycles. The second kappa shape index (κ2) is 6.59. The van der Waals surface area contributed by atoms with Crippen LogP contribution in [0.1, 0.15) is 10.4 Å². The second-order valence-corrected chi connectivity index (χ2v) is 7.49. The fraction of sp³-hybridized carbons (Fsp3) is 0.200. The quantitative estimate of drug-likeness (QED) is 0.564. The highest BCUT2D eigenvalue weighted by atomic mass is 32.1. The van der Waals surface area contributed by atoms with Crippen LogP contribution in [0.3, 0.4) is 0 Å². The van der Waals surface area contributed by atoms with Crippen molar-refractivity contribution in [2.45, 2.75) is 13.8 Å². The lowest BCUT2D eigenvalue weighted by Crippen LogP contribution is -1.95. The standard InChI is InChI=1S/C20H19N3O3S/c1-11-7-14(13-8-16(25-3)19(26-4)21-9-13)22-15-10-23(20(24)18(11)15)17-6-5-12(2)27-17/h5-10,24H,1-4H3. The normalized spacial score (nSPS) is 11.1. The van der Waals surface area contributed by atoms with Crippen LogP contribution in [0.2, 0.25) is 0 Å². The molecule has 0 atom stereocenters. The van der Waals surface area contributed by atoms with Gasteiger partial charge in [0.2, 0.25) is 5.88 Å². The van der Waals surface area contributed by atoms with Gasteiger partial charge in [0.1, 0.15) is 5.00 Å². The topological polar surface area (TPSA) is 69.4 Å². The Hall–Kier alpha value is -3.06. The first-order chi connectivity index (χ1) is 13.0. The van der Waals surface area contributed by atoms with E-state index >= 15 is 0 Å². The maximum atomic E-state index is 10.7. The van der Waals surface area contributed by atoms with E-state index in [1.165, 1.54) is 4.88 Å². The molecule has 4 aromatic rings. The summed E-state index contributed by atoms with van der Waals surface area (Å²) in [6.45, 7) is 4.01. The number of nitrogens with zero attached hydrogens (tertiary/aromatic N) is 3. The van der Waals surface area contributed by atoms with Crippen molar-refractivity contribution in [1.29, 1.82) is 0 Å². The molecule has 4 aromatic heterocycles. The Morgan fingerprint density at radius 3 is 2.59 bits per heavy atom. The number of thiophene rings is 1. The summed E-state index contributed by atoms with van der Waals surface area (Å²) in [6.07, 6.45) is 3.56. The van der Waals surface area contributed by atoms with Crippen molar-refractivity contribution in [3.63, 3.8) is 0 Å². The third-order valence-electron chi connectivity index (χ3n) is 4.44. The lowest BCUT2D eigenvalue weighted by molar-refractivity contribution is 0.343. The zero-order valence-electron chi connectivity index (χ0n) is 15.5. The SMILES string of the molecule is COc1cc(-c2cc(C)c3c(O)n(-c4ccc(C)s4)cc3n2)cnc1OC. The van der Waals surface area contributed by atoms with Crippen LogP contribution in [0.4, 0.5) is 0 Å². The van der Waals surface area contributed by atoms with Crippen molar-refractivity contribution in [2.75, 3.05) is 14.2 Å². The first kappa shape index (κ1) is 17.4. The first-order valence-corrected chi connectivity index (χ1v) is 9.20. The highest BCUT2D eigenvalue weighted by Gasteiger charge is 2.17. The number of aromatic nitrogens is 3. The molecule has 0 spiro atoms. The fourth-order valence-electron chi connectivity index (χ4n) is 3.12. The van der Waals surface area contributed by atoms with Crippen LogP contribution in [0.25, 0.3) is 27.2 Å². The summed E-state index contributed by atoms with van der Waals surface area (Å²) in [5, 5.41) is 12.4. The fourth-order valence-corrected chi connectivity index (χ4v) is 3.96. The van der Waals surface area contributed by atoms with E-state index in [2.05, 4.69) is 4.98 Å². The number of rotatable bonds is 4. The maximum absolute atomic E-state index is 10.7. The molecule has 0 saturated carbocycles. The lowest BCUT2D eigenvalue weighted by Gasteiger charge is -2.09. The predicted molar refractivity (Wildman–Crippen MR) is 106 cm³/mol. The summed E-state index contributed by atoms with van der Waals surface area (Å²) in [5.74, 6) is 1.17. The molecule has 138 valence electrons. The molecule has 0 aliphatic heterocycles. The van der Waals surface area contributed by atoms with E-state index in [0.717, 1.165) is 32.7 Å². The molecular weight excluding hydrogens is 362 g/mol. The largest absolute Gasteiger partial charge is 0.494 e. The summed E-state index contributed by atoms with van der Waals surface area (Å²) >= 11 is 1.62. The summed E-state index contributed by atoms with van der Waals surface area (Å²) in [4.78, 5) is 10.2. The predicted octanol–water partition coefficient (Wildman–Crippen LogP) is 4.49. The molecule has 0 aliphatic carbocycles. The van der Waals surface area contributed by atoms with Crippen LogP contribution in [-0.2, 0) is 0 Å². The Balaban J connectivity index is 1.87. The zero-order valence-corrected chi connectivity index (χ0v) is 16.3. The number of aryl methyl sites for hydroxylation is 2. The van der Waals surface area contributed by atoms with Gasteiger partial charge in [-0.25, -0.2) is 9.97 Å². The van der Waals surface area contributed by atoms with Gasteiger partial charge in [-0.3, -0.25) is 4.57 Å². The van der Waals surface area contributed by atoms with E-state index < -0.39 is 0 Å². The van der Waals surface area contributed by atoms with Gasteiger partial charge in [0, 0.05) is 22.8 Å². The lowest BCUT2D eigenvalue weighted by atomic mass is 10.1. The minimum absolute atomic E-state index is 0.203.